The van der Waals surface area contributed by atoms with E-state index in [1.54, 1.807) is 36.1 Å². The minimum Gasteiger partial charge on any atom is -0.494 e. The average molecular weight is 406 g/mol. The normalized spacial score (nSPS) is 11.4. The molecule has 2 heterocycles. The van der Waals surface area contributed by atoms with Crippen LogP contribution in [0.25, 0.3) is 5.82 Å². The standard InChI is InChI=1S/C17H19FN6O3S/c1-12-22-16(11-17(23-12)24-9-3-6-20-24)19-7-8-21-28(25,26)13-4-5-15(27-2)14(18)10-13/h3-6,9-11,21H,7-8H2,1-2H3,(H,19,22,23). The number of benzene rings is 1. The largest absolute Gasteiger partial charge is 0.494 e. The van der Waals surface area contributed by atoms with Crippen molar-refractivity contribution in [2.75, 3.05) is 25.5 Å². The van der Waals surface area contributed by atoms with E-state index in [0.29, 0.717) is 17.5 Å². The van der Waals surface area contributed by atoms with Crippen molar-refractivity contribution in [3.05, 3.63) is 54.4 Å². The lowest BCUT2D eigenvalue weighted by Gasteiger charge is -2.10. The van der Waals surface area contributed by atoms with Crippen LogP contribution in [0.1, 0.15) is 5.82 Å². The molecular formula is C17H19FN6O3S. The van der Waals surface area contributed by atoms with Crippen LogP contribution < -0.4 is 14.8 Å². The summed E-state index contributed by atoms with van der Waals surface area (Å²) in [5.41, 5.74) is 0. The van der Waals surface area contributed by atoms with Crippen LogP contribution in [0.5, 0.6) is 5.75 Å². The second-order valence-corrected chi connectivity index (χ2v) is 7.50. The highest BCUT2D eigenvalue weighted by molar-refractivity contribution is 7.89. The molecule has 1 aromatic carbocycles. The van der Waals surface area contributed by atoms with Crippen molar-refractivity contribution in [2.24, 2.45) is 0 Å². The molecule has 9 nitrogen and oxygen atoms in total. The third-order valence-electron chi connectivity index (χ3n) is 3.72. The fraction of sp³-hybridized carbons (Fsp3) is 0.235. The van der Waals surface area contributed by atoms with E-state index < -0.39 is 15.8 Å². The quantitative estimate of drug-likeness (QED) is 0.546. The highest BCUT2D eigenvalue weighted by atomic mass is 32.2. The van der Waals surface area contributed by atoms with Crippen LogP contribution in [0, 0.1) is 12.7 Å². The minimum atomic E-state index is -3.85. The minimum absolute atomic E-state index is 0.0206. The van der Waals surface area contributed by atoms with E-state index in [4.69, 9.17) is 4.74 Å². The van der Waals surface area contributed by atoms with E-state index in [2.05, 4.69) is 25.1 Å². The van der Waals surface area contributed by atoms with Crippen LogP contribution in [0.2, 0.25) is 0 Å². The highest BCUT2D eigenvalue weighted by Gasteiger charge is 2.16. The second kappa shape index (κ2) is 8.31. The number of hydrogen-bond donors (Lipinski definition) is 2. The summed E-state index contributed by atoms with van der Waals surface area (Å²) in [7, 11) is -2.54. The lowest BCUT2D eigenvalue weighted by molar-refractivity contribution is 0.385. The lowest BCUT2D eigenvalue weighted by Crippen LogP contribution is -2.29. The molecule has 0 unspecified atom stereocenters. The van der Waals surface area contributed by atoms with Gasteiger partial charge in [0.15, 0.2) is 17.4 Å². The molecule has 0 spiro atoms. The van der Waals surface area contributed by atoms with Crippen molar-refractivity contribution in [3.63, 3.8) is 0 Å². The van der Waals surface area contributed by atoms with Crippen LogP contribution in [0.3, 0.4) is 0 Å². The van der Waals surface area contributed by atoms with Gasteiger partial charge in [0.1, 0.15) is 11.6 Å². The van der Waals surface area contributed by atoms with Gasteiger partial charge in [-0.1, -0.05) is 0 Å². The van der Waals surface area contributed by atoms with Gasteiger partial charge in [-0.15, -0.1) is 0 Å². The molecule has 0 aliphatic heterocycles. The van der Waals surface area contributed by atoms with Gasteiger partial charge in [0.05, 0.1) is 12.0 Å². The first-order valence-corrected chi connectivity index (χ1v) is 9.80. The molecule has 0 saturated carbocycles. The first kappa shape index (κ1) is 19.7. The molecule has 28 heavy (non-hydrogen) atoms. The Morgan fingerprint density at radius 1 is 1.21 bits per heavy atom. The summed E-state index contributed by atoms with van der Waals surface area (Å²) in [6.45, 7) is 2.10. The second-order valence-electron chi connectivity index (χ2n) is 5.73. The van der Waals surface area contributed by atoms with Gasteiger partial charge in [-0.2, -0.15) is 5.10 Å². The topological polar surface area (TPSA) is 111 Å². The fourth-order valence-electron chi connectivity index (χ4n) is 2.44. The van der Waals surface area contributed by atoms with Gasteiger partial charge in [0.2, 0.25) is 10.0 Å². The maximum absolute atomic E-state index is 13.7. The van der Waals surface area contributed by atoms with Gasteiger partial charge < -0.3 is 10.1 Å². The van der Waals surface area contributed by atoms with E-state index in [1.807, 2.05) is 0 Å². The number of nitrogens with one attached hydrogen (secondary N) is 2. The van der Waals surface area contributed by atoms with Crippen LogP contribution in [0.15, 0.2) is 47.6 Å². The Hall–Kier alpha value is -3.05. The molecule has 2 N–H and O–H groups in total. The third-order valence-corrected chi connectivity index (χ3v) is 5.18. The third kappa shape index (κ3) is 4.61. The summed E-state index contributed by atoms with van der Waals surface area (Å²) < 4.78 is 47.1. The predicted molar refractivity (Wildman–Crippen MR) is 101 cm³/mol. The van der Waals surface area contributed by atoms with Gasteiger partial charge in [-0.3, -0.25) is 0 Å². The van der Waals surface area contributed by atoms with Crippen molar-refractivity contribution in [1.82, 2.24) is 24.5 Å². The van der Waals surface area contributed by atoms with Crippen LogP contribution in [-0.4, -0.2) is 48.4 Å². The number of aryl methyl sites for hydroxylation is 1. The molecule has 2 aromatic heterocycles. The maximum Gasteiger partial charge on any atom is 0.240 e. The van der Waals surface area contributed by atoms with E-state index in [-0.39, 0.29) is 23.7 Å². The Bertz CT molecular complexity index is 1060. The fourth-order valence-corrected chi connectivity index (χ4v) is 3.48. The number of ether oxygens (including phenoxy) is 1. The summed E-state index contributed by atoms with van der Waals surface area (Å²) in [5, 5.41) is 7.15. The molecule has 148 valence electrons. The number of aromatic nitrogens is 4. The first-order valence-electron chi connectivity index (χ1n) is 8.32. The number of hydrogen-bond acceptors (Lipinski definition) is 7. The van der Waals surface area contributed by atoms with Gasteiger partial charge in [-0.25, -0.2) is 32.2 Å². The van der Waals surface area contributed by atoms with Crippen LogP contribution >= 0.6 is 0 Å². The molecule has 3 rings (SSSR count). The van der Waals surface area contributed by atoms with Crippen molar-refractivity contribution in [3.8, 4) is 11.6 Å². The first-order chi connectivity index (χ1) is 13.4. The Kier molecular flexibility index (Phi) is 5.85. The molecule has 0 saturated heterocycles. The molecule has 11 heteroatoms. The molecule has 0 aliphatic carbocycles. The van der Waals surface area contributed by atoms with E-state index in [0.717, 1.165) is 6.07 Å². The molecular weight excluding hydrogens is 387 g/mol. The zero-order chi connectivity index (χ0) is 20.1. The van der Waals surface area contributed by atoms with Gasteiger partial charge >= 0.3 is 0 Å². The summed E-state index contributed by atoms with van der Waals surface area (Å²) in [5.74, 6) is 0.908. The van der Waals surface area contributed by atoms with Crippen molar-refractivity contribution in [1.29, 1.82) is 0 Å². The number of nitrogens with zero attached hydrogens (tertiary/aromatic N) is 4. The van der Waals surface area contributed by atoms with Gasteiger partial charge in [0, 0.05) is 31.5 Å². The van der Waals surface area contributed by atoms with Crippen molar-refractivity contribution >= 4 is 15.8 Å². The number of sulfonamides is 1. The Morgan fingerprint density at radius 3 is 2.71 bits per heavy atom. The van der Waals surface area contributed by atoms with Crippen molar-refractivity contribution in [2.45, 2.75) is 11.8 Å². The summed E-state index contributed by atoms with van der Waals surface area (Å²) >= 11 is 0. The SMILES string of the molecule is COc1ccc(S(=O)(=O)NCCNc2cc(-n3cccn3)nc(C)n2)cc1F. The molecule has 0 radical (unpaired) electrons. The Labute approximate surface area is 161 Å². The Balaban J connectivity index is 1.60. The monoisotopic (exact) mass is 406 g/mol. The summed E-state index contributed by atoms with van der Waals surface area (Å²) in [6, 6.07) is 6.94. The van der Waals surface area contributed by atoms with Gasteiger partial charge in [0.25, 0.3) is 0 Å². The van der Waals surface area contributed by atoms with E-state index >= 15 is 0 Å². The average Bonchev–Trinajstić information content (AvgIpc) is 3.19. The smallest absolute Gasteiger partial charge is 0.240 e. The zero-order valence-corrected chi connectivity index (χ0v) is 16.1. The van der Waals surface area contributed by atoms with Crippen molar-refractivity contribution < 1.29 is 17.5 Å². The predicted octanol–water partition coefficient (Wildman–Crippen LogP) is 1.51. The molecule has 0 fully saturated rings. The maximum atomic E-state index is 13.7. The Morgan fingerprint density at radius 2 is 2.04 bits per heavy atom. The molecule has 0 bridgehead atoms. The number of anilines is 1. The van der Waals surface area contributed by atoms with Gasteiger partial charge in [-0.05, 0) is 31.2 Å². The number of halogens is 1. The van der Waals surface area contributed by atoms with Crippen LogP contribution in [-0.2, 0) is 10.0 Å². The molecule has 0 atom stereocenters. The highest BCUT2D eigenvalue weighted by Crippen LogP contribution is 2.20. The number of methoxy groups -OCH3 is 1. The molecule has 3 aromatic rings. The van der Waals surface area contributed by atoms with E-state index in [1.165, 1.54) is 19.2 Å². The molecule has 0 aliphatic rings. The van der Waals surface area contributed by atoms with Crippen LogP contribution in [0.4, 0.5) is 10.2 Å². The summed E-state index contributed by atoms with van der Waals surface area (Å²) in [6.07, 6.45) is 3.40. The summed E-state index contributed by atoms with van der Waals surface area (Å²) in [4.78, 5) is 8.38. The molecule has 0 amide bonds. The lowest BCUT2D eigenvalue weighted by atomic mass is 10.3. The van der Waals surface area contributed by atoms with E-state index in [9.17, 15) is 12.8 Å². The zero-order valence-electron chi connectivity index (χ0n) is 15.3. The number of rotatable bonds is 8.